The Balaban J connectivity index is 4.90. The first-order valence-electron chi connectivity index (χ1n) is 6.02. The molecule has 0 aliphatic carbocycles. The third-order valence-corrected chi connectivity index (χ3v) is 2.06. The fourth-order valence-electron chi connectivity index (χ4n) is 1.42. The number of nitrogens with one attached hydrogen (secondary N) is 1. The first-order chi connectivity index (χ1) is 8.56. The van der Waals surface area contributed by atoms with Gasteiger partial charge in [0.15, 0.2) is 0 Å². The van der Waals surface area contributed by atoms with Gasteiger partial charge in [-0.15, -0.1) is 0 Å². The number of nitrogens with zero attached hydrogens (tertiary/aromatic N) is 1. The lowest BCUT2D eigenvalue weighted by Crippen LogP contribution is -2.31. The molecule has 0 aliphatic heterocycles. The van der Waals surface area contributed by atoms with Crippen molar-refractivity contribution in [2.24, 2.45) is 0 Å². The Labute approximate surface area is 115 Å². The highest BCUT2D eigenvalue weighted by atomic mass is 16.6. The van der Waals surface area contributed by atoms with E-state index in [2.05, 4.69) is 18.0 Å². The zero-order chi connectivity index (χ0) is 15.2. The van der Waals surface area contributed by atoms with E-state index in [4.69, 9.17) is 10.00 Å². The van der Waals surface area contributed by atoms with Gasteiger partial charge in [-0.05, 0) is 58.8 Å². The highest BCUT2D eigenvalue weighted by molar-refractivity contribution is 5.70. The van der Waals surface area contributed by atoms with Crippen LogP contribution in [-0.4, -0.2) is 11.7 Å². The molecular formula is C15H22N2O2. The van der Waals surface area contributed by atoms with Gasteiger partial charge in [-0.1, -0.05) is 6.58 Å². The lowest BCUT2D eigenvalue weighted by Gasteiger charge is -2.19. The zero-order valence-electron chi connectivity index (χ0n) is 12.5. The standard InChI is InChI=1S/C15H22N2O2/c1-10(2)13(9-16)11(3)8-12(4)17-14(18)19-15(5,6)7/h8H,1H2,2-7H3,(H,17,18)/b12-8+,13-11-. The van der Waals surface area contributed by atoms with Crippen LogP contribution in [0.5, 0.6) is 0 Å². The quantitative estimate of drug-likeness (QED) is 0.621. The number of amides is 1. The average molecular weight is 262 g/mol. The average Bonchev–Trinajstić information content (AvgIpc) is 2.13. The van der Waals surface area contributed by atoms with Crippen molar-refractivity contribution in [3.05, 3.63) is 35.1 Å². The van der Waals surface area contributed by atoms with Gasteiger partial charge in [0.25, 0.3) is 0 Å². The van der Waals surface area contributed by atoms with E-state index in [1.807, 2.05) is 0 Å². The molecule has 0 fully saturated rings. The summed E-state index contributed by atoms with van der Waals surface area (Å²) >= 11 is 0. The molecule has 0 aliphatic rings. The Bertz CT molecular complexity index is 471. The van der Waals surface area contributed by atoms with Crippen molar-refractivity contribution >= 4 is 6.09 Å². The van der Waals surface area contributed by atoms with E-state index in [-0.39, 0.29) is 0 Å². The van der Waals surface area contributed by atoms with Crippen LogP contribution in [0, 0.1) is 11.3 Å². The molecule has 4 nitrogen and oxygen atoms in total. The lowest BCUT2D eigenvalue weighted by atomic mass is 10.0. The Hall–Kier alpha value is -2.02. The summed E-state index contributed by atoms with van der Waals surface area (Å²) in [5, 5.41) is 11.6. The predicted molar refractivity (Wildman–Crippen MR) is 76.3 cm³/mol. The van der Waals surface area contributed by atoms with Crippen molar-refractivity contribution in [3.63, 3.8) is 0 Å². The van der Waals surface area contributed by atoms with Crippen LogP contribution in [0.1, 0.15) is 41.5 Å². The molecule has 0 saturated heterocycles. The fourth-order valence-corrected chi connectivity index (χ4v) is 1.42. The smallest absolute Gasteiger partial charge is 0.411 e. The molecule has 0 bridgehead atoms. The van der Waals surface area contributed by atoms with E-state index >= 15 is 0 Å². The number of allylic oxidation sites excluding steroid dienone is 5. The normalized spacial score (nSPS) is 13.2. The first-order valence-corrected chi connectivity index (χ1v) is 6.02. The van der Waals surface area contributed by atoms with Crippen molar-refractivity contribution in [3.8, 4) is 6.07 Å². The summed E-state index contributed by atoms with van der Waals surface area (Å²) in [7, 11) is 0. The molecule has 104 valence electrons. The maximum Gasteiger partial charge on any atom is 0.411 e. The van der Waals surface area contributed by atoms with Crippen LogP contribution in [0.25, 0.3) is 0 Å². The van der Waals surface area contributed by atoms with Crippen molar-refractivity contribution in [2.45, 2.75) is 47.1 Å². The van der Waals surface area contributed by atoms with Crippen LogP contribution in [0.3, 0.4) is 0 Å². The number of rotatable bonds is 3. The lowest BCUT2D eigenvalue weighted by molar-refractivity contribution is 0.0546. The molecule has 4 heteroatoms. The summed E-state index contributed by atoms with van der Waals surface area (Å²) < 4.78 is 5.13. The molecule has 0 saturated carbocycles. The number of hydrogen-bond acceptors (Lipinski definition) is 3. The molecule has 1 amide bonds. The van der Waals surface area contributed by atoms with Gasteiger partial charge in [-0.2, -0.15) is 5.26 Å². The minimum Gasteiger partial charge on any atom is -0.444 e. The van der Waals surface area contributed by atoms with Gasteiger partial charge in [-0.3, -0.25) is 5.32 Å². The van der Waals surface area contributed by atoms with Gasteiger partial charge >= 0.3 is 6.09 Å². The highest BCUT2D eigenvalue weighted by Gasteiger charge is 2.16. The summed E-state index contributed by atoms with van der Waals surface area (Å²) in [6.07, 6.45) is 1.21. The molecule has 1 N–H and O–H groups in total. The molecule has 0 spiro atoms. The van der Waals surface area contributed by atoms with Crippen molar-refractivity contribution in [1.29, 1.82) is 5.26 Å². The third-order valence-electron chi connectivity index (χ3n) is 2.06. The molecule has 0 radical (unpaired) electrons. The molecule has 0 aromatic rings. The minimum absolute atomic E-state index is 0.511. The number of ether oxygens (including phenoxy) is 1. The van der Waals surface area contributed by atoms with Crippen molar-refractivity contribution in [1.82, 2.24) is 5.32 Å². The largest absolute Gasteiger partial charge is 0.444 e. The van der Waals surface area contributed by atoms with E-state index in [1.165, 1.54) is 0 Å². The summed E-state index contributed by atoms with van der Waals surface area (Å²) in [5.41, 5.74) is 2.04. The van der Waals surface area contributed by atoms with Crippen LogP contribution in [0.4, 0.5) is 4.79 Å². The Morgan fingerprint density at radius 2 is 1.84 bits per heavy atom. The van der Waals surface area contributed by atoms with Gasteiger partial charge in [0.2, 0.25) is 0 Å². The zero-order valence-corrected chi connectivity index (χ0v) is 12.5. The number of carbonyl (C=O) groups excluding carboxylic acids is 1. The van der Waals surface area contributed by atoms with Crippen LogP contribution in [0.2, 0.25) is 0 Å². The minimum atomic E-state index is -0.537. The second-order valence-corrected chi connectivity index (χ2v) is 5.40. The van der Waals surface area contributed by atoms with Gasteiger partial charge in [0.1, 0.15) is 5.60 Å². The van der Waals surface area contributed by atoms with Crippen LogP contribution in [-0.2, 0) is 4.74 Å². The van der Waals surface area contributed by atoms with Gasteiger partial charge in [0, 0.05) is 5.70 Å². The third kappa shape index (κ3) is 7.10. The molecule has 0 heterocycles. The monoisotopic (exact) mass is 262 g/mol. The first kappa shape index (κ1) is 17.0. The summed E-state index contributed by atoms with van der Waals surface area (Å²) in [6, 6.07) is 2.09. The molecule has 0 aromatic heterocycles. The number of hydrogen-bond donors (Lipinski definition) is 1. The number of carbonyl (C=O) groups is 1. The maximum atomic E-state index is 11.6. The molecule has 0 aromatic carbocycles. The van der Waals surface area contributed by atoms with Crippen LogP contribution >= 0.6 is 0 Å². The van der Waals surface area contributed by atoms with Crippen LogP contribution in [0.15, 0.2) is 35.1 Å². The molecule has 0 unspecified atom stereocenters. The van der Waals surface area contributed by atoms with E-state index in [1.54, 1.807) is 47.6 Å². The Kier molecular flexibility index (Phi) is 6.07. The van der Waals surface area contributed by atoms with Crippen molar-refractivity contribution < 1.29 is 9.53 Å². The van der Waals surface area contributed by atoms with Crippen LogP contribution < -0.4 is 5.32 Å². The van der Waals surface area contributed by atoms with E-state index in [0.29, 0.717) is 16.8 Å². The fraction of sp³-hybridized carbons (Fsp3) is 0.467. The maximum absolute atomic E-state index is 11.6. The van der Waals surface area contributed by atoms with E-state index < -0.39 is 11.7 Å². The predicted octanol–water partition coefficient (Wildman–Crippen LogP) is 3.83. The summed E-state index contributed by atoms with van der Waals surface area (Å²) in [4.78, 5) is 11.6. The summed E-state index contributed by atoms with van der Waals surface area (Å²) in [6.45, 7) is 14.4. The Morgan fingerprint density at radius 1 is 1.32 bits per heavy atom. The Morgan fingerprint density at radius 3 is 2.21 bits per heavy atom. The summed E-state index contributed by atoms with van der Waals surface area (Å²) in [5.74, 6) is 0. The number of alkyl carbamates (subject to hydrolysis) is 1. The highest BCUT2D eigenvalue weighted by Crippen LogP contribution is 2.14. The van der Waals surface area contributed by atoms with E-state index in [9.17, 15) is 4.79 Å². The second kappa shape index (κ2) is 6.79. The number of nitriles is 1. The van der Waals surface area contributed by atoms with Gasteiger partial charge in [0.05, 0.1) is 11.6 Å². The second-order valence-electron chi connectivity index (χ2n) is 5.40. The molecule has 0 atom stereocenters. The SMILES string of the molecule is C=C(C)/C(C#N)=C(C)\C=C(/C)NC(=O)OC(C)(C)C. The van der Waals surface area contributed by atoms with Gasteiger partial charge in [-0.25, -0.2) is 4.79 Å². The van der Waals surface area contributed by atoms with Crippen molar-refractivity contribution in [2.75, 3.05) is 0 Å². The van der Waals surface area contributed by atoms with Gasteiger partial charge < -0.3 is 4.74 Å². The topological polar surface area (TPSA) is 62.1 Å². The molecule has 19 heavy (non-hydrogen) atoms. The molecule has 0 rings (SSSR count). The van der Waals surface area contributed by atoms with E-state index in [0.717, 1.165) is 5.57 Å². The molecular weight excluding hydrogens is 240 g/mol.